The zero-order valence-electron chi connectivity index (χ0n) is 11.1. The summed E-state index contributed by atoms with van der Waals surface area (Å²) in [6, 6.07) is 4.09. The lowest BCUT2D eigenvalue weighted by Gasteiger charge is -2.03. The van der Waals surface area contributed by atoms with Crippen molar-refractivity contribution in [1.82, 2.24) is 19.7 Å². The maximum Gasteiger partial charge on any atom is 0.183 e. The molecule has 3 aromatic heterocycles. The molecule has 3 aromatic rings. The number of rotatable bonds is 3. The van der Waals surface area contributed by atoms with Gasteiger partial charge in [0.1, 0.15) is 16.3 Å². The highest BCUT2D eigenvalue weighted by atomic mass is 32.1. The Morgan fingerprint density at radius 3 is 2.84 bits per heavy atom. The van der Waals surface area contributed by atoms with Gasteiger partial charge in [-0.05, 0) is 18.6 Å². The first-order valence-corrected chi connectivity index (χ1v) is 7.01. The van der Waals surface area contributed by atoms with E-state index >= 15 is 0 Å². The summed E-state index contributed by atoms with van der Waals surface area (Å²) in [4.78, 5) is 11.5. The molecule has 1 N–H and O–H groups in total. The first-order chi connectivity index (χ1) is 9.21. The Morgan fingerprint density at radius 1 is 1.37 bits per heavy atom. The molecular formula is C13H15N5S. The van der Waals surface area contributed by atoms with E-state index in [0.29, 0.717) is 5.82 Å². The summed E-state index contributed by atoms with van der Waals surface area (Å²) >= 11 is 1.72. The van der Waals surface area contributed by atoms with Crippen molar-refractivity contribution in [2.45, 2.75) is 13.3 Å². The minimum absolute atomic E-state index is 0.668. The number of nitrogens with one attached hydrogen (secondary N) is 1. The largest absolute Gasteiger partial charge is 0.372 e. The summed E-state index contributed by atoms with van der Waals surface area (Å²) in [5.74, 6) is 1.53. The van der Waals surface area contributed by atoms with Crippen molar-refractivity contribution >= 4 is 27.4 Å². The highest BCUT2D eigenvalue weighted by Crippen LogP contribution is 2.30. The zero-order chi connectivity index (χ0) is 13.4. The van der Waals surface area contributed by atoms with E-state index in [4.69, 9.17) is 0 Å². The monoisotopic (exact) mass is 273 g/mol. The van der Waals surface area contributed by atoms with Gasteiger partial charge in [-0.1, -0.05) is 6.92 Å². The van der Waals surface area contributed by atoms with Crippen LogP contribution in [0.4, 0.5) is 5.82 Å². The van der Waals surface area contributed by atoms with E-state index in [1.54, 1.807) is 16.0 Å². The van der Waals surface area contributed by atoms with Gasteiger partial charge >= 0.3 is 0 Å². The van der Waals surface area contributed by atoms with E-state index in [9.17, 15) is 0 Å². The van der Waals surface area contributed by atoms with Crippen molar-refractivity contribution in [3.63, 3.8) is 0 Å². The van der Waals surface area contributed by atoms with Gasteiger partial charge in [0, 0.05) is 25.2 Å². The Hall–Kier alpha value is -1.95. The van der Waals surface area contributed by atoms with Gasteiger partial charge in [-0.2, -0.15) is 5.10 Å². The van der Waals surface area contributed by atoms with Crippen molar-refractivity contribution in [3.8, 4) is 11.5 Å². The lowest BCUT2D eigenvalue weighted by molar-refractivity contribution is 0.769. The van der Waals surface area contributed by atoms with E-state index in [-0.39, 0.29) is 0 Å². The quantitative estimate of drug-likeness (QED) is 0.797. The fourth-order valence-corrected chi connectivity index (χ4v) is 2.95. The molecule has 0 amide bonds. The molecule has 3 heterocycles. The second-order valence-corrected chi connectivity index (χ2v) is 5.42. The third kappa shape index (κ3) is 2.08. The second kappa shape index (κ2) is 4.62. The fraction of sp³-hybridized carbons (Fsp3) is 0.308. The number of nitrogens with zero attached hydrogens (tertiary/aromatic N) is 4. The molecular weight excluding hydrogens is 258 g/mol. The number of aromatic nitrogens is 4. The maximum absolute atomic E-state index is 4.63. The average molecular weight is 273 g/mol. The molecule has 0 saturated heterocycles. The molecule has 3 rings (SSSR count). The van der Waals surface area contributed by atoms with Gasteiger partial charge in [0.15, 0.2) is 5.82 Å². The molecule has 0 saturated carbocycles. The molecule has 0 aromatic carbocycles. The van der Waals surface area contributed by atoms with Crippen molar-refractivity contribution in [1.29, 1.82) is 0 Å². The number of hydrogen-bond acceptors (Lipinski definition) is 5. The van der Waals surface area contributed by atoms with Crippen LogP contribution >= 0.6 is 11.3 Å². The zero-order valence-corrected chi connectivity index (χ0v) is 12.0. The van der Waals surface area contributed by atoms with E-state index in [2.05, 4.69) is 33.4 Å². The summed E-state index contributed by atoms with van der Waals surface area (Å²) in [7, 11) is 3.77. The van der Waals surface area contributed by atoms with Crippen LogP contribution < -0.4 is 5.32 Å². The van der Waals surface area contributed by atoms with Gasteiger partial charge in [-0.15, -0.1) is 11.3 Å². The summed E-state index contributed by atoms with van der Waals surface area (Å²) in [5, 5.41) is 8.59. The Balaban J connectivity index is 2.21. The van der Waals surface area contributed by atoms with Crippen molar-refractivity contribution in [3.05, 3.63) is 23.2 Å². The topological polar surface area (TPSA) is 55.6 Å². The summed E-state index contributed by atoms with van der Waals surface area (Å²) in [6.45, 7) is 2.15. The van der Waals surface area contributed by atoms with Crippen LogP contribution in [0.5, 0.6) is 0 Å². The van der Waals surface area contributed by atoms with Crippen LogP contribution in [0.15, 0.2) is 18.3 Å². The van der Waals surface area contributed by atoms with E-state index in [1.165, 1.54) is 4.88 Å². The first-order valence-electron chi connectivity index (χ1n) is 6.19. The maximum atomic E-state index is 4.63. The summed E-state index contributed by atoms with van der Waals surface area (Å²) < 4.78 is 1.76. The van der Waals surface area contributed by atoms with Crippen LogP contribution in [-0.2, 0) is 13.5 Å². The summed E-state index contributed by atoms with van der Waals surface area (Å²) in [5.41, 5.74) is 0.798. The standard InChI is InChI=1S/C13H15N5S/c1-4-8-7-9-11(14-2)15-12(16-13(9)19-8)10-5-6-18(3)17-10/h5-7H,4H2,1-3H3,(H,14,15,16). The van der Waals surface area contributed by atoms with Crippen molar-refractivity contribution < 1.29 is 0 Å². The minimum Gasteiger partial charge on any atom is -0.372 e. The van der Waals surface area contributed by atoms with Crippen LogP contribution in [0.2, 0.25) is 0 Å². The molecule has 5 nitrogen and oxygen atoms in total. The highest BCUT2D eigenvalue weighted by molar-refractivity contribution is 7.18. The van der Waals surface area contributed by atoms with Gasteiger partial charge < -0.3 is 5.32 Å². The summed E-state index contributed by atoms with van der Waals surface area (Å²) in [6.07, 6.45) is 2.91. The molecule has 0 atom stereocenters. The first kappa shape index (κ1) is 12.1. The third-order valence-corrected chi connectivity index (χ3v) is 4.15. The van der Waals surface area contributed by atoms with E-state index in [1.807, 2.05) is 26.4 Å². The Morgan fingerprint density at radius 2 is 2.21 bits per heavy atom. The highest BCUT2D eigenvalue weighted by Gasteiger charge is 2.13. The van der Waals surface area contributed by atoms with Crippen LogP contribution in [0, 0.1) is 0 Å². The molecule has 0 unspecified atom stereocenters. The molecule has 19 heavy (non-hydrogen) atoms. The Bertz CT molecular complexity index is 728. The number of hydrogen-bond donors (Lipinski definition) is 1. The van der Waals surface area contributed by atoms with Gasteiger partial charge in [0.2, 0.25) is 0 Å². The second-order valence-electron chi connectivity index (χ2n) is 4.31. The number of aryl methyl sites for hydroxylation is 2. The predicted molar refractivity (Wildman–Crippen MR) is 78.5 cm³/mol. The van der Waals surface area contributed by atoms with E-state index < -0.39 is 0 Å². The molecule has 0 aliphatic rings. The van der Waals surface area contributed by atoms with Crippen molar-refractivity contribution in [2.24, 2.45) is 7.05 Å². The number of fused-ring (bicyclic) bond motifs is 1. The van der Waals surface area contributed by atoms with Gasteiger partial charge in [-0.3, -0.25) is 4.68 Å². The van der Waals surface area contributed by atoms with Crippen LogP contribution in [0.3, 0.4) is 0 Å². The molecule has 98 valence electrons. The van der Waals surface area contributed by atoms with Crippen LogP contribution in [0.25, 0.3) is 21.7 Å². The van der Waals surface area contributed by atoms with Gasteiger partial charge in [-0.25, -0.2) is 9.97 Å². The lowest BCUT2D eigenvalue weighted by Crippen LogP contribution is -1.98. The van der Waals surface area contributed by atoms with Gasteiger partial charge in [0.05, 0.1) is 5.39 Å². The molecule has 0 radical (unpaired) electrons. The molecule has 6 heteroatoms. The molecule has 0 bridgehead atoms. The SMILES string of the molecule is CCc1cc2c(NC)nc(-c3ccn(C)n3)nc2s1. The van der Waals surface area contributed by atoms with E-state index in [0.717, 1.165) is 28.1 Å². The Labute approximate surface area is 115 Å². The number of thiophene rings is 1. The Kier molecular flexibility index (Phi) is 2.94. The average Bonchev–Trinajstić information content (AvgIpc) is 3.02. The minimum atomic E-state index is 0.668. The fourth-order valence-electron chi connectivity index (χ4n) is 1.99. The molecule has 0 fully saturated rings. The molecule has 0 spiro atoms. The smallest absolute Gasteiger partial charge is 0.183 e. The lowest BCUT2D eigenvalue weighted by atomic mass is 10.3. The third-order valence-electron chi connectivity index (χ3n) is 2.97. The number of anilines is 1. The molecule has 0 aliphatic carbocycles. The van der Waals surface area contributed by atoms with Gasteiger partial charge in [0.25, 0.3) is 0 Å². The molecule has 0 aliphatic heterocycles. The normalized spacial score (nSPS) is 11.1. The van der Waals surface area contributed by atoms with Crippen LogP contribution in [-0.4, -0.2) is 26.8 Å². The van der Waals surface area contributed by atoms with Crippen LogP contribution in [0.1, 0.15) is 11.8 Å². The predicted octanol–water partition coefficient (Wildman–Crippen LogP) is 2.70. The van der Waals surface area contributed by atoms with Crippen molar-refractivity contribution in [2.75, 3.05) is 12.4 Å².